The maximum atomic E-state index is 13.3. The smallest absolute Gasteiger partial charge is 0.370 e. The molecule has 1 heterocycles. The summed E-state index contributed by atoms with van der Waals surface area (Å²) in [6.07, 6.45) is -3.19. The predicted molar refractivity (Wildman–Crippen MR) is 102 cm³/mol. The summed E-state index contributed by atoms with van der Waals surface area (Å²) in [6.45, 7) is 2.47. The van der Waals surface area contributed by atoms with E-state index in [0.29, 0.717) is 26.1 Å². The van der Waals surface area contributed by atoms with Crippen LogP contribution in [0.15, 0.2) is 48.5 Å². The molecule has 0 N–H and O–H groups in total. The second-order valence-electron chi connectivity index (χ2n) is 7.68. The summed E-state index contributed by atoms with van der Waals surface area (Å²) in [5.41, 5.74) is 0.490. The van der Waals surface area contributed by atoms with Gasteiger partial charge < -0.3 is 9.80 Å². The Morgan fingerprint density at radius 1 is 0.931 bits per heavy atom. The van der Waals surface area contributed by atoms with Crippen LogP contribution in [0.3, 0.4) is 0 Å². The molecule has 1 saturated carbocycles. The van der Waals surface area contributed by atoms with Gasteiger partial charge in [-0.3, -0.25) is 4.79 Å². The summed E-state index contributed by atoms with van der Waals surface area (Å²) >= 11 is 0. The zero-order valence-electron chi connectivity index (χ0n) is 15.8. The average molecular weight is 406 g/mol. The van der Waals surface area contributed by atoms with Crippen LogP contribution in [0.5, 0.6) is 0 Å². The summed E-state index contributed by atoms with van der Waals surface area (Å²) in [5, 5.41) is 0. The van der Waals surface area contributed by atoms with Crippen molar-refractivity contribution in [3.8, 4) is 0 Å². The third-order valence-corrected chi connectivity index (χ3v) is 5.77. The van der Waals surface area contributed by atoms with E-state index in [9.17, 15) is 22.4 Å². The Morgan fingerprint density at radius 2 is 1.66 bits per heavy atom. The van der Waals surface area contributed by atoms with E-state index in [4.69, 9.17) is 0 Å². The average Bonchev–Trinajstić information content (AvgIpc) is 3.51. The standard InChI is InChI=1S/C22H22F4N2O/c23-15-6-8-16(9-7-15)27-10-3-11-28(13-12-27)21(29)19-14-18(19)17-4-1-2-5-20(17)22(24,25)26/h1-2,4-9,18-19H,3,10-14H2. The number of hydrogen-bond donors (Lipinski definition) is 0. The van der Waals surface area contributed by atoms with Crippen LogP contribution in [0.25, 0.3) is 0 Å². The molecule has 7 heteroatoms. The van der Waals surface area contributed by atoms with Crippen LogP contribution in [0.2, 0.25) is 0 Å². The van der Waals surface area contributed by atoms with Gasteiger partial charge >= 0.3 is 6.18 Å². The number of amides is 1. The molecule has 2 atom stereocenters. The molecule has 29 heavy (non-hydrogen) atoms. The van der Waals surface area contributed by atoms with Crippen molar-refractivity contribution >= 4 is 11.6 Å². The third-order valence-electron chi connectivity index (χ3n) is 5.77. The molecule has 1 aliphatic carbocycles. The van der Waals surface area contributed by atoms with Gasteiger partial charge in [0.2, 0.25) is 5.91 Å². The number of rotatable bonds is 3. The predicted octanol–water partition coefficient (Wildman–Crippen LogP) is 4.69. The molecule has 1 amide bonds. The van der Waals surface area contributed by atoms with E-state index in [2.05, 4.69) is 4.90 Å². The number of hydrogen-bond acceptors (Lipinski definition) is 2. The van der Waals surface area contributed by atoms with Crippen molar-refractivity contribution < 1.29 is 22.4 Å². The number of halogens is 4. The van der Waals surface area contributed by atoms with Crippen molar-refractivity contribution in [1.82, 2.24) is 4.90 Å². The van der Waals surface area contributed by atoms with Gasteiger partial charge in [0.1, 0.15) is 5.82 Å². The van der Waals surface area contributed by atoms with Gasteiger partial charge in [-0.1, -0.05) is 18.2 Å². The molecule has 154 valence electrons. The van der Waals surface area contributed by atoms with Gasteiger partial charge in [-0.15, -0.1) is 0 Å². The van der Waals surface area contributed by atoms with Crippen molar-refractivity contribution in [3.63, 3.8) is 0 Å². The first-order valence-corrected chi connectivity index (χ1v) is 9.80. The Kier molecular flexibility index (Phi) is 5.23. The molecule has 0 bridgehead atoms. The molecule has 0 aromatic heterocycles. The van der Waals surface area contributed by atoms with Crippen LogP contribution in [0.4, 0.5) is 23.2 Å². The minimum absolute atomic E-state index is 0.0621. The lowest BCUT2D eigenvalue weighted by atomic mass is 10.0. The normalized spacial score (nSPS) is 22.3. The fourth-order valence-electron chi connectivity index (χ4n) is 4.17. The van der Waals surface area contributed by atoms with Crippen molar-refractivity contribution in [2.75, 3.05) is 31.1 Å². The molecule has 2 aliphatic rings. The zero-order valence-corrected chi connectivity index (χ0v) is 15.8. The molecule has 2 aromatic rings. The highest BCUT2D eigenvalue weighted by Crippen LogP contribution is 2.51. The molecule has 0 radical (unpaired) electrons. The number of carbonyl (C=O) groups excluding carboxylic acids is 1. The molecule has 0 spiro atoms. The van der Waals surface area contributed by atoms with Crippen LogP contribution in [0.1, 0.15) is 29.9 Å². The molecule has 3 nitrogen and oxygen atoms in total. The number of nitrogens with zero attached hydrogens (tertiary/aromatic N) is 2. The first-order valence-electron chi connectivity index (χ1n) is 9.80. The summed E-state index contributed by atoms with van der Waals surface area (Å²) in [4.78, 5) is 16.8. The third kappa shape index (κ3) is 4.23. The molecule has 2 fully saturated rings. The van der Waals surface area contributed by atoms with E-state index in [1.165, 1.54) is 24.3 Å². The van der Waals surface area contributed by atoms with E-state index in [-0.39, 0.29) is 29.1 Å². The Morgan fingerprint density at radius 3 is 2.38 bits per heavy atom. The molecule has 2 unspecified atom stereocenters. The highest BCUT2D eigenvalue weighted by atomic mass is 19.4. The van der Waals surface area contributed by atoms with E-state index < -0.39 is 11.7 Å². The Hall–Kier alpha value is -2.57. The van der Waals surface area contributed by atoms with E-state index in [1.54, 1.807) is 23.1 Å². The minimum atomic E-state index is -4.41. The SMILES string of the molecule is O=C(C1CC1c1ccccc1C(F)(F)F)N1CCCN(c2ccc(F)cc2)CC1. The second kappa shape index (κ2) is 7.69. The fraction of sp³-hybridized carbons (Fsp3) is 0.409. The van der Waals surface area contributed by atoms with Crippen LogP contribution >= 0.6 is 0 Å². The van der Waals surface area contributed by atoms with E-state index >= 15 is 0 Å². The topological polar surface area (TPSA) is 23.6 Å². The van der Waals surface area contributed by atoms with Crippen molar-refractivity contribution in [2.24, 2.45) is 5.92 Å². The highest BCUT2D eigenvalue weighted by Gasteiger charge is 2.49. The highest BCUT2D eigenvalue weighted by molar-refractivity contribution is 5.83. The van der Waals surface area contributed by atoms with Crippen LogP contribution in [-0.4, -0.2) is 37.0 Å². The Labute approximate surface area is 166 Å². The maximum Gasteiger partial charge on any atom is 0.416 e. The van der Waals surface area contributed by atoms with E-state index in [1.807, 2.05) is 0 Å². The van der Waals surface area contributed by atoms with Gasteiger partial charge in [0, 0.05) is 37.8 Å². The maximum absolute atomic E-state index is 13.3. The van der Waals surface area contributed by atoms with Crippen LogP contribution in [0, 0.1) is 11.7 Å². The van der Waals surface area contributed by atoms with Crippen molar-refractivity contribution in [2.45, 2.75) is 24.9 Å². The number of carbonyl (C=O) groups is 1. The summed E-state index contributed by atoms with van der Waals surface area (Å²) in [6, 6.07) is 11.8. The number of anilines is 1. The monoisotopic (exact) mass is 406 g/mol. The molecular weight excluding hydrogens is 384 g/mol. The van der Waals surface area contributed by atoms with Gasteiger partial charge in [0.05, 0.1) is 5.56 Å². The molecular formula is C22H22F4N2O. The number of benzene rings is 2. The molecule has 1 aliphatic heterocycles. The summed E-state index contributed by atoms with van der Waals surface area (Å²) in [7, 11) is 0. The van der Waals surface area contributed by atoms with Crippen molar-refractivity contribution in [3.05, 3.63) is 65.5 Å². The second-order valence-corrected chi connectivity index (χ2v) is 7.68. The molecule has 2 aromatic carbocycles. The van der Waals surface area contributed by atoms with Crippen LogP contribution < -0.4 is 4.90 Å². The lowest BCUT2D eigenvalue weighted by Gasteiger charge is -2.24. The minimum Gasteiger partial charge on any atom is -0.370 e. The zero-order chi connectivity index (χ0) is 20.6. The van der Waals surface area contributed by atoms with E-state index in [0.717, 1.165) is 24.7 Å². The number of alkyl halides is 3. The largest absolute Gasteiger partial charge is 0.416 e. The summed E-state index contributed by atoms with van der Waals surface area (Å²) in [5.74, 6) is -1.10. The van der Waals surface area contributed by atoms with Gasteiger partial charge in [-0.05, 0) is 54.7 Å². The summed E-state index contributed by atoms with van der Waals surface area (Å²) < 4.78 is 53.0. The first kappa shape index (κ1) is 19.7. The first-order chi connectivity index (χ1) is 13.8. The molecule has 1 saturated heterocycles. The Bertz CT molecular complexity index is 881. The van der Waals surface area contributed by atoms with Gasteiger partial charge in [0.15, 0.2) is 0 Å². The lowest BCUT2D eigenvalue weighted by molar-refractivity contribution is -0.138. The van der Waals surface area contributed by atoms with Crippen LogP contribution in [-0.2, 0) is 11.0 Å². The van der Waals surface area contributed by atoms with Gasteiger partial charge in [-0.25, -0.2) is 4.39 Å². The lowest BCUT2D eigenvalue weighted by Crippen LogP contribution is -2.36. The molecule has 4 rings (SSSR count). The van der Waals surface area contributed by atoms with Crippen molar-refractivity contribution in [1.29, 1.82) is 0 Å². The van der Waals surface area contributed by atoms with Gasteiger partial charge in [0.25, 0.3) is 0 Å². The fourth-order valence-corrected chi connectivity index (χ4v) is 4.17. The Balaban J connectivity index is 1.41. The van der Waals surface area contributed by atoms with Gasteiger partial charge in [-0.2, -0.15) is 13.2 Å². The quantitative estimate of drug-likeness (QED) is 0.691.